The molecule has 0 fully saturated rings. The second-order valence-corrected chi connectivity index (χ2v) is 11.0. The summed E-state index contributed by atoms with van der Waals surface area (Å²) in [5, 5.41) is 28.5. The largest absolute Gasteiger partial charge is 0.480 e. The van der Waals surface area contributed by atoms with E-state index in [-0.39, 0.29) is 42.2 Å². The van der Waals surface area contributed by atoms with E-state index in [9.17, 15) is 18.8 Å². The lowest BCUT2D eigenvalue weighted by molar-refractivity contribution is -0.142. The summed E-state index contributed by atoms with van der Waals surface area (Å²) in [4.78, 5) is 50.3. The number of aromatic nitrogens is 5. The van der Waals surface area contributed by atoms with Crippen LogP contribution in [0.1, 0.15) is 35.6 Å². The zero-order valence-electron chi connectivity index (χ0n) is 24.6. The van der Waals surface area contributed by atoms with E-state index >= 15 is 0 Å². The van der Waals surface area contributed by atoms with Crippen LogP contribution in [0.2, 0.25) is 0 Å². The summed E-state index contributed by atoms with van der Waals surface area (Å²) in [6, 6.07) is 15.6. The molecule has 0 aliphatic carbocycles. The Bertz CT molecular complexity index is 2000. The van der Waals surface area contributed by atoms with Gasteiger partial charge in [-0.1, -0.05) is 42.5 Å². The van der Waals surface area contributed by atoms with Crippen molar-refractivity contribution in [3.05, 3.63) is 94.9 Å². The number of carbonyl (C=O) groups excluding carboxylic acids is 2. The van der Waals surface area contributed by atoms with Crippen molar-refractivity contribution in [3.63, 3.8) is 0 Å². The Labute approximate surface area is 261 Å². The number of aryl methyl sites for hydroxylation is 1. The highest BCUT2D eigenvalue weighted by Crippen LogP contribution is 2.45. The molecule has 0 bridgehead atoms. The summed E-state index contributed by atoms with van der Waals surface area (Å²) in [5.41, 5.74) is 8.41. The third-order valence-corrected chi connectivity index (χ3v) is 8.11. The van der Waals surface area contributed by atoms with Crippen LogP contribution in [0.3, 0.4) is 0 Å². The van der Waals surface area contributed by atoms with E-state index in [1.807, 2.05) is 0 Å². The molecule has 4 heterocycles. The van der Waals surface area contributed by atoms with Crippen molar-refractivity contribution in [1.29, 1.82) is 0 Å². The fraction of sp³-hybridized carbons (Fsp3) is 0.219. The van der Waals surface area contributed by atoms with E-state index in [0.29, 0.717) is 39.8 Å². The van der Waals surface area contributed by atoms with Crippen LogP contribution in [0.15, 0.2) is 66.9 Å². The molecule has 46 heavy (non-hydrogen) atoms. The molecule has 2 amide bonds. The van der Waals surface area contributed by atoms with Gasteiger partial charge in [-0.3, -0.25) is 9.59 Å². The molecule has 0 unspecified atom stereocenters. The number of hydrogen-bond donors (Lipinski definition) is 5. The monoisotopic (exact) mass is 624 g/mol. The Morgan fingerprint density at radius 3 is 2.59 bits per heavy atom. The SMILES string of the molecule is C[C@]1(c2ccc(CCC(=O)N[C@H](CO)C(=O)O)cc2)C(=O)Nc2nc(-c3nn(Cc4ccccc4F)c4ncccc34)nc(N)c21. The zero-order valence-corrected chi connectivity index (χ0v) is 24.6. The lowest BCUT2D eigenvalue weighted by Gasteiger charge is -2.23. The predicted octanol–water partition coefficient (Wildman–Crippen LogP) is 2.41. The van der Waals surface area contributed by atoms with Gasteiger partial charge in [0.25, 0.3) is 0 Å². The number of benzene rings is 2. The molecular formula is C32H29FN8O5. The zero-order chi connectivity index (χ0) is 32.6. The molecule has 2 aromatic carbocycles. The van der Waals surface area contributed by atoms with Gasteiger partial charge in [-0.2, -0.15) is 5.10 Å². The minimum absolute atomic E-state index is 0.00747. The first kappa shape index (κ1) is 30.3. The average Bonchev–Trinajstić information content (AvgIpc) is 3.54. The van der Waals surface area contributed by atoms with Crippen molar-refractivity contribution in [2.45, 2.75) is 37.8 Å². The fourth-order valence-corrected chi connectivity index (χ4v) is 5.58. The number of halogens is 1. The minimum atomic E-state index is -1.37. The van der Waals surface area contributed by atoms with Gasteiger partial charge in [0.05, 0.1) is 24.1 Å². The summed E-state index contributed by atoms with van der Waals surface area (Å²) in [5.74, 6) is -2.05. The Morgan fingerprint density at radius 1 is 1.11 bits per heavy atom. The van der Waals surface area contributed by atoms with E-state index in [0.717, 1.165) is 5.56 Å². The molecule has 3 aromatic heterocycles. The first-order chi connectivity index (χ1) is 22.1. The van der Waals surface area contributed by atoms with E-state index in [4.69, 9.17) is 15.9 Å². The number of carboxylic acids is 1. The highest BCUT2D eigenvalue weighted by molar-refractivity contribution is 6.09. The number of anilines is 2. The first-order valence-corrected chi connectivity index (χ1v) is 14.4. The molecule has 0 saturated carbocycles. The van der Waals surface area contributed by atoms with Crippen LogP contribution in [-0.4, -0.2) is 65.4 Å². The molecule has 0 saturated heterocycles. The Kier molecular flexibility index (Phi) is 7.88. The maximum absolute atomic E-state index is 14.4. The lowest BCUT2D eigenvalue weighted by Crippen LogP contribution is -2.43. The van der Waals surface area contributed by atoms with Crippen molar-refractivity contribution in [2.24, 2.45) is 0 Å². The van der Waals surface area contributed by atoms with Gasteiger partial charge in [0, 0.05) is 18.2 Å². The smallest absolute Gasteiger partial charge is 0.328 e. The number of fused-ring (bicyclic) bond motifs is 2. The number of nitrogens with one attached hydrogen (secondary N) is 2. The quantitative estimate of drug-likeness (QED) is 0.154. The molecule has 6 rings (SSSR count). The van der Waals surface area contributed by atoms with Crippen LogP contribution in [0, 0.1) is 5.82 Å². The fourth-order valence-electron chi connectivity index (χ4n) is 5.58. The number of rotatable bonds is 10. The normalized spacial score (nSPS) is 16.2. The third-order valence-electron chi connectivity index (χ3n) is 8.11. The maximum Gasteiger partial charge on any atom is 0.328 e. The summed E-state index contributed by atoms with van der Waals surface area (Å²) in [6.45, 7) is 1.14. The topological polar surface area (TPSA) is 198 Å². The lowest BCUT2D eigenvalue weighted by atomic mass is 9.77. The summed E-state index contributed by atoms with van der Waals surface area (Å²) in [6.07, 6.45) is 1.93. The highest BCUT2D eigenvalue weighted by Gasteiger charge is 2.47. The summed E-state index contributed by atoms with van der Waals surface area (Å²) < 4.78 is 16.0. The van der Waals surface area contributed by atoms with Crippen molar-refractivity contribution >= 4 is 40.5 Å². The summed E-state index contributed by atoms with van der Waals surface area (Å²) in [7, 11) is 0. The van der Waals surface area contributed by atoms with Crippen LogP contribution in [0.4, 0.5) is 16.0 Å². The second-order valence-electron chi connectivity index (χ2n) is 11.0. The molecular weight excluding hydrogens is 595 g/mol. The van der Waals surface area contributed by atoms with Crippen LogP contribution < -0.4 is 16.4 Å². The number of hydrogen-bond acceptors (Lipinski definition) is 9. The summed E-state index contributed by atoms with van der Waals surface area (Å²) >= 11 is 0. The number of nitrogen functional groups attached to an aromatic ring is 1. The maximum atomic E-state index is 14.4. The van der Waals surface area contributed by atoms with Crippen molar-refractivity contribution < 1.29 is 29.0 Å². The van der Waals surface area contributed by atoms with Crippen molar-refractivity contribution in [3.8, 4) is 11.5 Å². The first-order valence-electron chi connectivity index (χ1n) is 14.4. The number of pyridine rings is 1. The van der Waals surface area contributed by atoms with Crippen LogP contribution >= 0.6 is 0 Å². The number of nitrogens with two attached hydrogens (primary N) is 1. The van der Waals surface area contributed by atoms with Crippen molar-refractivity contribution in [2.75, 3.05) is 17.7 Å². The van der Waals surface area contributed by atoms with E-state index in [2.05, 4.69) is 30.7 Å². The Morgan fingerprint density at radius 2 is 1.87 bits per heavy atom. The number of aliphatic hydroxyl groups excluding tert-OH is 1. The van der Waals surface area contributed by atoms with Crippen LogP contribution in [0.25, 0.3) is 22.6 Å². The number of carbonyl (C=O) groups is 3. The third kappa shape index (κ3) is 5.38. The standard InChI is InChI=1S/C32H29FN8O5/c1-32(19-11-8-17(9-12-19)10-13-23(43)36-22(16-42)30(44)45)24-26(34)37-28(38-27(24)39-31(32)46)25-20-6-4-14-35-29(20)41(40-25)15-18-5-2-3-7-21(18)33/h2-9,11-12,14,22,42H,10,13,15-16H2,1H3,(H,36,43)(H,44,45)(H3,34,37,38,39,46)/t22-,32-/m1/s1. The van der Waals surface area contributed by atoms with Crippen LogP contribution in [-0.2, 0) is 32.8 Å². The molecule has 13 nitrogen and oxygen atoms in total. The molecule has 0 radical (unpaired) electrons. The van der Waals surface area contributed by atoms with Gasteiger partial charge < -0.3 is 26.6 Å². The molecule has 14 heteroatoms. The average molecular weight is 625 g/mol. The minimum Gasteiger partial charge on any atom is -0.480 e. The van der Waals surface area contributed by atoms with E-state index < -0.39 is 29.9 Å². The van der Waals surface area contributed by atoms with Gasteiger partial charge >= 0.3 is 5.97 Å². The molecule has 2 atom stereocenters. The Hall–Kier alpha value is -5.76. The second kappa shape index (κ2) is 12.0. The number of amides is 2. The van der Waals surface area contributed by atoms with Gasteiger partial charge in [0.1, 0.15) is 34.6 Å². The molecule has 234 valence electrons. The van der Waals surface area contributed by atoms with Gasteiger partial charge in [0.2, 0.25) is 11.8 Å². The molecule has 6 N–H and O–H groups in total. The van der Waals surface area contributed by atoms with Gasteiger partial charge in [-0.05, 0) is 42.7 Å². The van der Waals surface area contributed by atoms with Gasteiger partial charge in [-0.25, -0.2) is 28.8 Å². The number of nitrogens with zero attached hydrogens (tertiary/aromatic N) is 5. The number of aliphatic carboxylic acids is 1. The van der Waals surface area contributed by atoms with Crippen molar-refractivity contribution in [1.82, 2.24) is 30.0 Å². The van der Waals surface area contributed by atoms with Crippen LogP contribution in [0.5, 0.6) is 0 Å². The number of aliphatic hydroxyl groups is 1. The van der Waals surface area contributed by atoms with Gasteiger partial charge in [0.15, 0.2) is 11.5 Å². The number of carboxylic acid groups (broad SMARTS) is 1. The predicted molar refractivity (Wildman–Crippen MR) is 165 cm³/mol. The molecule has 1 aliphatic rings. The Balaban J connectivity index is 1.28. The molecule has 0 spiro atoms. The molecule has 5 aromatic rings. The highest BCUT2D eigenvalue weighted by atomic mass is 19.1. The molecule has 1 aliphatic heterocycles. The van der Waals surface area contributed by atoms with Gasteiger partial charge in [-0.15, -0.1) is 0 Å². The van der Waals surface area contributed by atoms with E-state index in [1.54, 1.807) is 72.4 Å². The van der Waals surface area contributed by atoms with E-state index in [1.165, 1.54) is 6.07 Å².